The molecule has 0 bridgehead atoms. The first kappa shape index (κ1) is 21.0. The van der Waals surface area contributed by atoms with Gasteiger partial charge in [0.05, 0.1) is 44.1 Å². The van der Waals surface area contributed by atoms with Gasteiger partial charge in [0, 0.05) is 18.9 Å². The molecule has 1 aliphatic heterocycles. The lowest BCUT2D eigenvalue weighted by Crippen LogP contribution is -3.09. The number of nitrogens with one attached hydrogen (secondary N) is 1. The molecule has 29 heavy (non-hydrogen) atoms. The molecule has 2 heterocycles. The van der Waals surface area contributed by atoms with E-state index in [1.54, 1.807) is 21.1 Å². The van der Waals surface area contributed by atoms with Crippen molar-refractivity contribution in [1.82, 2.24) is 0 Å². The van der Waals surface area contributed by atoms with Crippen molar-refractivity contribution in [2.75, 3.05) is 33.1 Å². The van der Waals surface area contributed by atoms with Crippen LogP contribution in [0.15, 0.2) is 18.2 Å². The number of carbonyl (C=O) groups excluding carboxylic acids is 1. The summed E-state index contributed by atoms with van der Waals surface area (Å²) in [5.41, 5.74) is 8.20. The number of hydrogen-bond donors (Lipinski definition) is 2. The van der Waals surface area contributed by atoms with Gasteiger partial charge in [-0.1, -0.05) is 0 Å². The normalized spacial score (nSPS) is 18.3. The van der Waals surface area contributed by atoms with E-state index in [1.807, 2.05) is 18.2 Å². The summed E-state index contributed by atoms with van der Waals surface area (Å²) in [6.45, 7) is 3.50. The number of rotatable bonds is 7. The molecule has 3 rings (SSSR count). The maximum Gasteiger partial charge on any atom is 0.348 e. The summed E-state index contributed by atoms with van der Waals surface area (Å²) < 4.78 is 16.1. The molecule has 8 heteroatoms. The lowest BCUT2D eigenvalue weighted by atomic mass is 10.0. The number of hydrogen-bond acceptors (Lipinski definition) is 7. The van der Waals surface area contributed by atoms with Crippen molar-refractivity contribution in [3.05, 3.63) is 39.8 Å². The Balaban J connectivity index is 1.95. The topological polar surface area (TPSA) is 99.0 Å². The minimum Gasteiger partial charge on any atom is -0.497 e. The SMILES string of the molecule is CCOC(=O)c1sc(N)c(C#N)c1C[NH+]1CCC[C@@H]1c1ccc(OC)cc1OC. The summed E-state index contributed by atoms with van der Waals surface area (Å²) in [6.07, 6.45) is 2.04. The van der Waals surface area contributed by atoms with E-state index < -0.39 is 5.97 Å². The monoisotopic (exact) mass is 416 g/mol. The quantitative estimate of drug-likeness (QED) is 0.672. The van der Waals surface area contributed by atoms with E-state index >= 15 is 0 Å². The molecule has 0 aliphatic carbocycles. The fourth-order valence-corrected chi connectivity index (χ4v) is 4.90. The smallest absolute Gasteiger partial charge is 0.348 e. The lowest BCUT2D eigenvalue weighted by Gasteiger charge is -2.24. The Kier molecular flexibility index (Phi) is 6.62. The second-order valence-electron chi connectivity index (χ2n) is 6.87. The van der Waals surface area contributed by atoms with E-state index in [1.165, 1.54) is 4.90 Å². The fourth-order valence-electron chi connectivity index (χ4n) is 3.97. The Hall–Kier alpha value is -2.76. The van der Waals surface area contributed by atoms with Crippen LogP contribution < -0.4 is 20.1 Å². The van der Waals surface area contributed by atoms with Gasteiger partial charge in [0.15, 0.2) is 0 Å². The molecule has 1 saturated heterocycles. The number of carbonyl (C=O) groups is 1. The second kappa shape index (κ2) is 9.16. The molecule has 1 aromatic carbocycles. The number of nitrogen functional groups attached to an aromatic ring is 1. The van der Waals surface area contributed by atoms with Crippen molar-refractivity contribution < 1.29 is 23.9 Å². The molecule has 0 saturated carbocycles. The van der Waals surface area contributed by atoms with E-state index in [4.69, 9.17) is 19.9 Å². The molecule has 0 radical (unpaired) electrons. The molecule has 7 nitrogen and oxygen atoms in total. The minimum atomic E-state index is -0.419. The molecular formula is C21H26N3O4S+. The van der Waals surface area contributed by atoms with E-state index in [2.05, 4.69) is 6.07 Å². The van der Waals surface area contributed by atoms with Gasteiger partial charge in [-0.25, -0.2) is 4.79 Å². The number of nitriles is 1. The third-order valence-electron chi connectivity index (χ3n) is 5.31. The number of nitrogens with two attached hydrogens (primary N) is 1. The summed E-state index contributed by atoms with van der Waals surface area (Å²) in [4.78, 5) is 14.1. The van der Waals surface area contributed by atoms with Crippen LogP contribution in [0.25, 0.3) is 0 Å². The Bertz CT molecular complexity index is 935. The number of thiophene rings is 1. The predicted molar refractivity (Wildman–Crippen MR) is 110 cm³/mol. The molecule has 2 aromatic rings. The molecule has 2 atom stereocenters. The number of nitrogens with zero attached hydrogens (tertiary/aromatic N) is 1. The number of esters is 1. The van der Waals surface area contributed by atoms with Gasteiger partial charge < -0.3 is 24.8 Å². The van der Waals surface area contributed by atoms with Crippen molar-refractivity contribution in [3.8, 4) is 17.6 Å². The number of anilines is 1. The van der Waals surface area contributed by atoms with Crippen LogP contribution in [0.3, 0.4) is 0 Å². The van der Waals surface area contributed by atoms with Crippen molar-refractivity contribution >= 4 is 22.3 Å². The molecule has 1 aliphatic rings. The zero-order valence-corrected chi connectivity index (χ0v) is 17.7. The Labute approximate surface area is 174 Å². The van der Waals surface area contributed by atoms with Gasteiger partial charge in [-0.05, 0) is 19.1 Å². The van der Waals surface area contributed by atoms with Crippen LogP contribution in [0, 0.1) is 11.3 Å². The Morgan fingerprint density at radius 2 is 2.17 bits per heavy atom. The number of likely N-dealkylation sites (tertiary alicyclic amines) is 1. The van der Waals surface area contributed by atoms with Crippen LogP contribution in [0.4, 0.5) is 5.00 Å². The number of methoxy groups -OCH3 is 2. The van der Waals surface area contributed by atoms with Crippen LogP contribution in [-0.4, -0.2) is 33.3 Å². The minimum absolute atomic E-state index is 0.193. The zero-order chi connectivity index (χ0) is 21.0. The van der Waals surface area contributed by atoms with Crippen LogP contribution in [0.2, 0.25) is 0 Å². The van der Waals surface area contributed by atoms with E-state index in [9.17, 15) is 10.1 Å². The van der Waals surface area contributed by atoms with Crippen molar-refractivity contribution in [1.29, 1.82) is 5.26 Å². The van der Waals surface area contributed by atoms with Crippen molar-refractivity contribution in [2.24, 2.45) is 0 Å². The maximum atomic E-state index is 12.4. The number of benzene rings is 1. The standard InChI is InChI=1S/C21H25N3O4S/c1-4-28-21(25)19-16(15(11-22)20(23)29-19)12-24-9-5-6-17(24)14-8-7-13(26-2)10-18(14)27-3/h7-8,10,17H,4-6,9,12,23H2,1-3H3/p+1/t17-/m1/s1. The van der Waals surface area contributed by atoms with Gasteiger partial charge in [0.25, 0.3) is 0 Å². The number of quaternary nitrogens is 1. The van der Waals surface area contributed by atoms with Crippen LogP contribution in [0.1, 0.15) is 52.2 Å². The summed E-state index contributed by atoms with van der Waals surface area (Å²) in [5, 5.41) is 9.97. The highest BCUT2D eigenvalue weighted by molar-refractivity contribution is 7.18. The summed E-state index contributed by atoms with van der Waals surface area (Å²) in [5.74, 6) is 1.11. The molecule has 0 amide bonds. The van der Waals surface area contributed by atoms with Crippen molar-refractivity contribution in [3.63, 3.8) is 0 Å². The molecule has 3 N–H and O–H groups in total. The third-order valence-corrected chi connectivity index (χ3v) is 6.35. The largest absolute Gasteiger partial charge is 0.497 e. The van der Waals surface area contributed by atoms with Gasteiger partial charge in [0.1, 0.15) is 40.0 Å². The predicted octanol–water partition coefficient (Wildman–Crippen LogP) is 2.32. The molecule has 1 unspecified atom stereocenters. The Morgan fingerprint density at radius 1 is 1.38 bits per heavy atom. The number of ether oxygens (including phenoxy) is 3. The van der Waals surface area contributed by atoms with E-state index in [-0.39, 0.29) is 12.6 Å². The van der Waals surface area contributed by atoms with E-state index in [0.717, 1.165) is 47.8 Å². The van der Waals surface area contributed by atoms with E-state index in [0.29, 0.717) is 27.5 Å². The highest BCUT2D eigenvalue weighted by atomic mass is 32.1. The molecular weight excluding hydrogens is 390 g/mol. The van der Waals surface area contributed by atoms with Crippen LogP contribution in [-0.2, 0) is 11.3 Å². The second-order valence-corrected chi connectivity index (χ2v) is 7.92. The lowest BCUT2D eigenvalue weighted by molar-refractivity contribution is -0.932. The van der Waals surface area contributed by atoms with Crippen LogP contribution >= 0.6 is 11.3 Å². The van der Waals surface area contributed by atoms with Gasteiger partial charge in [-0.3, -0.25) is 0 Å². The molecule has 154 valence electrons. The maximum absolute atomic E-state index is 12.4. The van der Waals surface area contributed by atoms with Gasteiger partial charge in [-0.15, -0.1) is 11.3 Å². The van der Waals surface area contributed by atoms with Crippen LogP contribution in [0.5, 0.6) is 11.5 Å². The summed E-state index contributed by atoms with van der Waals surface area (Å²) in [7, 11) is 3.28. The summed E-state index contributed by atoms with van der Waals surface area (Å²) in [6, 6.07) is 8.22. The highest BCUT2D eigenvalue weighted by Crippen LogP contribution is 2.34. The first-order valence-corrected chi connectivity index (χ1v) is 10.4. The van der Waals surface area contributed by atoms with Gasteiger partial charge in [-0.2, -0.15) is 5.26 Å². The van der Waals surface area contributed by atoms with Gasteiger partial charge in [0.2, 0.25) is 0 Å². The molecule has 1 aromatic heterocycles. The first-order chi connectivity index (χ1) is 14.0. The van der Waals surface area contributed by atoms with Crippen molar-refractivity contribution in [2.45, 2.75) is 32.4 Å². The fraction of sp³-hybridized carbons (Fsp3) is 0.429. The van der Waals surface area contributed by atoms with Gasteiger partial charge >= 0.3 is 5.97 Å². The summed E-state index contributed by atoms with van der Waals surface area (Å²) >= 11 is 1.13. The Morgan fingerprint density at radius 3 is 2.83 bits per heavy atom. The average molecular weight is 417 g/mol. The first-order valence-electron chi connectivity index (χ1n) is 9.58. The zero-order valence-electron chi connectivity index (χ0n) is 16.9. The average Bonchev–Trinajstić information content (AvgIpc) is 3.31. The highest BCUT2D eigenvalue weighted by Gasteiger charge is 2.35. The molecule has 1 fully saturated rings. The third kappa shape index (κ3) is 4.16. The molecule has 0 spiro atoms.